The number of aliphatic hydroxyl groups is 1. The molecule has 0 atom stereocenters. The van der Waals surface area contributed by atoms with Crippen LogP contribution in [-0.2, 0) is 6.61 Å². The molecule has 1 N–H and O–H groups in total. The Hall–Kier alpha value is -0.880. The smallest absolute Gasteiger partial charge is 0.148 e. The van der Waals surface area contributed by atoms with Gasteiger partial charge in [0.25, 0.3) is 0 Å². The first-order chi connectivity index (χ1) is 6.69. The molecule has 0 fully saturated rings. The fourth-order valence-corrected chi connectivity index (χ4v) is 1.60. The van der Waals surface area contributed by atoms with Gasteiger partial charge in [0.15, 0.2) is 0 Å². The monoisotopic (exact) mass is 230 g/mol. The normalized spacial score (nSPS) is 9.57. The molecule has 0 saturated carbocycles. The molecule has 0 aliphatic heterocycles. The highest BCUT2D eigenvalue weighted by molar-refractivity contribution is 6.35. The van der Waals surface area contributed by atoms with E-state index in [0.29, 0.717) is 21.4 Å². The van der Waals surface area contributed by atoms with Crippen LogP contribution in [-0.4, -0.2) is 11.7 Å². The molecule has 1 rings (SSSR count). The number of hydrogen-bond donors (Lipinski definition) is 1. The van der Waals surface area contributed by atoms with Crippen molar-refractivity contribution in [2.45, 2.75) is 6.61 Å². The van der Waals surface area contributed by atoms with Gasteiger partial charge in [-0.2, -0.15) is 0 Å². The SMILES string of the molecule is C#CCOc1c(Cl)cc(Cl)cc1CO. The first-order valence-electron chi connectivity index (χ1n) is 3.84. The lowest BCUT2D eigenvalue weighted by Crippen LogP contribution is -1.98. The molecule has 0 spiro atoms. The van der Waals surface area contributed by atoms with Crippen molar-refractivity contribution in [3.8, 4) is 18.1 Å². The lowest BCUT2D eigenvalue weighted by Gasteiger charge is -2.10. The third-order valence-electron chi connectivity index (χ3n) is 1.56. The molecule has 0 amide bonds. The van der Waals surface area contributed by atoms with Crippen LogP contribution in [0.2, 0.25) is 10.0 Å². The van der Waals surface area contributed by atoms with Crippen molar-refractivity contribution in [3.05, 3.63) is 27.7 Å². The summed E-state index contributed by atoms with van der Waals surface area (Å²) in [6.07, 6.45) is 5.04. The minimum Gasteiger partial charge on any atom is -0.479 e. The standard InChI is InChI=1S/C10H8Cl2O2/c1-2-3-14-10-7(6-13)4-8(11)5-9(10)12/h1,4-5,13H,3,6H2. The minimum absolute atomic E-state index is 0.106. The average molecular weight is 231 g/mol. The summed E-state index contributed by atoms with van der Waals surface area (Å²) in [5.41, 5.74) is 0.526. The van der Waals surface area contributed by atoms with Crippen LogP contribution >= 0.6 is 23.2 Å². The Morgan fingerprint density at radius 2 is 2.14 bits per heavy atom. The van der Waals surface area contributed by atoms with E-state index in [9.17, 15) is 0 Å². The Morgan fingerprint density at radius 1 is 1.43 bits per heavy atom. The van der Waals surface area contributed by atoms with Crippen molar-refractivity contribution in [2.75, 3.05) is 6.61 Å². The molecule has 0 aromatic heterocycles. The van der Waals surface area contributed by atoms with Gasteiger partial charge in [-0.05, 0) is 12.1 Å². The van der Waals surface area contributed by atoms with Gasteiger partial charge in [0, 0.05) is 10.6 Å². The zero-order chi connectivity index (χ0) is 10.6. The summed E-state index contributed by atoms with van der Waals surface area (Å²) in [5.74, 6) is 2.70. The molecule has 2 nitrogen and oxygen atoms in total. The van der Waals surface area contributed by atoms with Crippen molar-refractivity contribution in [2.24, 2.45) is 0 Å². The third kappa shape index (κ3) is 2.55. The maximum atomic E-state index is 9.02. The average Bonchev–Trinajstić information content (AvgIpc) is 2.15. The summed E-state index contributed by atoms with van der Waals surface area (Å²) in [6.45, 7) is -0.0888. The molecule has 0 unspecified atom stereocenters. The number of ether oxygens (including phenoxy) is 1. The Balaban J connectivity index is 3.06. The zero-order valence-corrected chi connectivity index (χ0v) is 8.77. The predicted octanol–water partition coefficient (Wildman–Crippen LogP) is 2.50. The van der Waals surface area contributed by atoms with Crippen LogP contribution in [0.25, 0.3) is 0 Å². The zero-order valence-electron chi connectivity index (χ0n) is 7.26. The van der Waals surface area contributed by atoms with Gasteiger partial charge in [0.2, 0.25) is 0 Å². The van der Waals surface area contributed by atoms with Gasteiger partial charge in [-0.15, -0.1) is 6.42 Å². The lowest BCUT2D eigenvalue weighted by molar-refractivity contribution is 0.270. The summed E-state index contributed by atoms with van der Waals surface area (Å²) in [4.78, 5) is 0. The number of terminal acetylenes is 1. The van der Waals surface area contributed by atoms with Crippen LogP contribution in [0.15, 0.2) is 12.1 Å². The van der Waals surface area contributed by atoms with Gasteiger partial charge in [-0.3, -0.25) is 0 Å². The summed E-state index contributed by atoms with van der Waals surface area (Å²) < 4.78 is 5.18. The van der Waals surface area contributed by atoms with Crippen molar-refractivity contribution in [3.63, 3.8) is 0 Å². The summed E-state index contributed by atoms with van der Waals surface area (Å²) >= 11 is 11.6. The summed E-state index contributed by atoms with van der Waals surface area (Å²) in [7, 11) is 0. The van der Waals surface area contributed by atoms with Crippen LogP contribution in [0.3, 0.4) is 0 Å². The minimum atomic E-state index is -0.194. The van der Waals surface area contributed by atoms with E-state index in [1.807, 2.05) is 0 Å². The molecule has 74 valence electrons. The second kappa shape index (κ2) is 5.11. The van der Waals surface area contributed by atoms with Crippen molar-refractivity contribution in [1.29, 1.82) is 0 Å². The highest BCUT2D eigenvalue weighted by atomic mass is 35.5. The van der Waals surface area contributed by atoms with Crippen LogP contribution in [0, 0.1) is 12.3 Å². The van der Waals surface area contributed by atoms with E-state index in [0.717, 1.165) is 0 Å². The van der Waals surface area contributed by atoms with Crippen LogP contribution < -0.4 is 4.74 Å². The molecule has 0 radical (unpaired) electrons. The Bertz CT molecular complexity index is 369. The van der Waals surface area contributed by atoms with E-state index in [1.54, 1.807) is 6.07 Å². The van der Waals surface area contributed by atoms with Crippen LogP contribution in [0.1, 0.15) is 5.56 Å². The van der Waals surface area contributed by atoms with E-state index in [1.165, 1.54) is 6.07 Å². The van der Waals surface area contributed by atoms with E-state index < -0.39 is 0 Å². The number of halogens is 2. The highest BCUT2D eigenvalue weighted by Gasteiger charge is 2.09. The van der Waals surface area contributed by atoms with Crippen LogP contribution in [0.4, 0.5) is 0 Å². The number of hydrogen-bond acceptors (Lipinski definition) is 2. The van der Waals surface area contributed by atoms with Gasteiger partial charge in [0.1, 0.15) is 12.4 Å². The fraction of sp³-hybridized carbons (Fsp3) is 0.200. The maximum Gasteiger partial charge on any atom is 0.148 e. The summed E-state index contributed by atoms with van der Waals surface area (Å²) in [5, 5.41) is 9.81. The molecule has 0 aliphatic carbocycles. The maximum absolute atomic E-state index is 9.02. The van der Waals surface area contributed by atoms with Gasteiger partial charge in [0.05, 0.1) is 11.6 Å². The summed E-state index contributed by atoms with van der Waals surface area (Å²) in [6, 6.07) is 3.12. The second-order valence-electron chi connectivity index (χ2n) is 2.53. The van der Waals surface area contributed by atoms with Gasteiger partial charge in [-0.25, -0.2) is 0 Å². The predicted molar refractivity (Wildman–Crippen MR) is 56.7 cm³/mol. The molecule has 4 heteroatoms. The largest absolute Gasteiger partial charge is 0.479 e. The van der Waals surface area contributed by atoms with E-state index >= 15 is 0 Å². The van der Waals surface area contributed by atoms with E-state index in [4.69, 9.17) is 39.5 Å². The Labute approximate surface area is 92.4 Å². The van der Waals surface area contributed by atoms with Crippen molar-refractivity contribution >= 4 is 23.2 Å². The van der Waals surface area contributed by atoms with Crippen LogP contribution in [0.5, 0.6) is 5.75 Å². The van der Waals surface area contributed by atoms with Crippen molar-refractivity contribution < 1.29 is 9.84 Å². The number of rotatable bonds is 3. The van der Waals surface area contributed by atoms with Crippen molar-refractivity contribution in [1.82, 2.24) is 0 Å². The molecule has 0 heterocycles. The molecule has 1 aromatic rings. The molecular weight excluding hydrogens is 223 g/mol. The quantitative estimate of drug-likeness (QED) is 0.810. The molecule has 0 saturated heterocycles. The molecule has 0 bridgehead atoms. The number of benzene rings is 1. The first-order valence-corrected chi connectivity index (χ1v) is 4.59. The van der Waals surface area contributed by atoms with Gasteiger partial charge >= 0.3 is 0 Å². The van der Waals surface area contributed by atoms with E-state index in [2.05, 4.69) is 5.92 Å². The van der Waals surface area contributed by atoms with E-state index in [-0.39, 0.29) is 13.2 Å². The van der Waals surface area contributed by atoms with Gasteiger partial charge in [-0.1, -0.05) is 29.1 Å². The lowest BCUT2D eigenvalue weighted by atomic mass is 10.2. The fourth-order valence-electron chi connectivity index (χ4n) is 1.01. The highest BCUT2D eigenvalue weighted by Crippen LogP contribution is 2.32. The first kappa shape index (κ1) is 11.2. The second-order valence-corrected chi connectivity index (χ2v) is 3.37. The number of aliphatic hydroxyl groups excluding tert-OH is 1. The molecule has 0 aliphatic rings. The van der Waals surface area contributed by atoms with Gasteiger partial charge < -0.3 is 9.84 Å². The molecule has 1 aromatic carbocycles. The Kier molecular flexibility index (Phi) is 4.09. The Morgan fingerprint density at radius 3 is 2.71 bits per heavy atom. The third-order valence-corrected chi connectivity index (χ3v) is 2.05. The molecular formula is C10H8Cl2O2. The topological polar surface area (TPSA) is 29.5 Å². The molecule has 14 heavy (non-hydrogen) atoms.